The zero-order valence-corrected chi connectivity index (χ0v) is 17.2. The molecule has 0 bridgehead atoms. The molecule has 1 aliphatic rings. The Hall–Kier alpha value is -3.33. The molecular weight excluding hydrogens is 387 g/mol. The largest absolute Gasteiger partial charge is 0.494 e. The molecule has 0 unspecified atom stereocenters. The fourth-order valence-corrected chi connectivity index (χ4v) is 3.27. The van der Waals surface area contributed by atoms with Gasteiger partial charge in [0.25, 0.3) is 0 Å². The molecular formula is C21H27FN6O2. The SMILES string of the molecule is COc1ccc(/C(C=N)=C/C(N)=Nc2ccnc(N3C[C@@H](C)O[C@@H](C)C3)n2)cc1F.[HH]. The highest BCUT2D eigenvalue weighted by Crippen LogP contribution is 2.22. The van der Waals surface area contributed by atoms with Crippen molar-refractivity contribution in [3.05, 3.63) is 47.9 Å². The highest BCUT2D eigenvalue weighted by Gasteiger charge is 2.24. The summed E-state index contributed by atoms with van der Waals surface area (Å²) in [6.07, 6.45) is 4.37. The third-order valence-corrected chi connectivity index (χ3v) is 4.52. The zero-order chi connectivity index (χ0) is 21.7. The van der Waals surface area contributed by atoms with E-state index in [9.17, 15) is 4.39 Å². The Labute approximate surface area is 176 Å². The van der Waals surface area contributed by atoms with E-state index in [0.717, 1.165) is 6.21 Å². The van der Waals surface area contributed by atoms with Crippen molar-refractivity contribution in [2.24, 2.45) is 10.7 Å². The van der Waals surface area contributed by atoms with E-state index in [0.29, 0.717) is 36.0 Å². The van der Waals surface area contributed by atoms with E-state index < -0.39 is 5.82 Å². The number of methoxy groups -OCH3 is 1. The lowest BCUT2D eigenvalue weighted by Crippen LogP contribution is -2.46. The molecule has 0 radical (unpaired) electrons. The number of aromatic nitrogens is 2. The van der Waals surface area contributed by atoms with Crippen LogP contribution in [-0.2, 0) is 4.74 Å². The first-order valence-electron chi connectivity index (χ1n) is 9.53. The zero-order valence-electron chi connectivity index (χ0n) is 17.2. The number of benzene rings is 1. The lowest BCUT2D eigenvalue weighted by molar-refractivity contribution is -0.00571. The monoisotopic (exact) mass is 414 g/mol. The number of nitrogens with zero attached hydrogens (tertiary/aromatic N) is 4. The minimum absolute atomic E-state index is 0. The Morgan fingerprint density at radius 1 is 1.37 bits per heavy atom. The number of ether oxygens (including phenoxy) is 2. The van der Waals surface area contributed by atoms with E-state index in [1.165, 1.54) is 25.3 Å². The molecule has 0 spiro atoms. The molecule has 1 fully saturated rings. The third-order valence-electron chi connectivity index (χ3n) is 4.52. The Kier molecular flexibility index (Phi) is 6.73. The van der Waals surface area contributed by atoms with E-state index in [1.807, 2.05) is 18.7 Å². The summed E-state index contributed by atoms with van der Waals surface area (Å²) in [5.74, 6) is 0.695. The lowest BCUT2D eigenvalue weighted by atomic mass is 10.1. The summed E-state index contributed by atoms with van der Waals surface area (Å²) in [6.45, 7) is 5.39. The fourth-order valence-electron chi connectivity index (χ4n) is 3.27. The van der Waals surface area contributed by atoms with Gasteiger partial charge in [0.1, 0.15) is 5.84 Å². The maximum Gasteiger partial charge on any atom is 0.227 e. The van der Waals surface area contributed by atoms with Crippen LogP contribution in [0, 0.1) is 11.2 Å². The van der Waals surface area contributed by atoms with Gasteiger partial charge in [-0.2, -0.15) is 4.98 Å². The number of nitrogens with one attached hydrogen (secondary N) is 1. The van der Waals surface area contributed by atoms with Crippen molar-refractivity contribution in [3.8, 4) is 5.75 Å². The Balaban J connectivity index is 0.00000341. The van der Waals surface area contributed by atoms with Gasteiger partial charge < -0.3 is 25.5 Å². The number of hydrogen-bond donors (Lipinski definition) is 2. The number of amidine groups is 1. The maximum atomic E-state index is 14.0. The molecule has 0 aliphatic carbocycles. The molecule has 3 N–H and O–H groups in total. The minimum atomic E-state index is -0.521. The molecule has 1 aliphatic heterocycles. The van der Waals surface area contributed by atoms with Crippen LogP contribution in [-0.4, -0.2) is 54.4 Å². The second-order valence-corrected chi connectivity index (χ2v) is 7.01. The van der Waals surface area contributed by atoms with Crippen LogP contribution in [0.1, 0.15) is 20.8 Å². The third kappa shape index (κ3) is 5.18. The van der Waals surface area contributed by atoms with Crippen molar-refractivity contribution in [1.82, 2.24) is 9.97 Å². The van der Waals surface area contributed by atoms with Gasteiger partial charge in [0.05, 0.1) is 19.3 Å². The highest BCUT2D eigenvalue weighted by atomic mass is 19.1. The minimum Gasteiger partial charge on any atom is -0.494 e. The first-order valence-corrected chi connectivity index (χ1v) is 9.53. The summed E-state index contributed by atoms with van der Waals surface area (Å²) in [6, 6.07) is 6.08. The summed E-state index contributed by atoms with van der Waals surface area (Å²) < 4.78 is 24.7. The Morgan fingerprint density at radius 2 is 2.10 bits per heavy atom. The van der Waals surface area contributed by atoms with E-state index in [1.54, 1.807) is 18.3 Å². The van der Waals surface area contributed by atoms with E-state index >= 15 is 0 Å². The van der Waals surface area contributed by atoms with Crippen molar-refractivity contribution in [1.29, 1.82) is 5.41 Å². The van der Waals surface area contributed by atoms with Crippen LogP contribution in [0.15, 0.2) is 41.5 Å². The number of hydrogen-bond acceptors (Lipinski definition) is 7. The second-order valence-electron chi connectivity index (χ2n) is 7.01. The number of morpholine rings is 1. The van der Waals surface area contributed by atoms with Gasteiger partial charge in [0.15, 0.2) is 17.4 Å². The quantitative estimate of drug-likeness (QED) is 0.555. The van der Waals surface area contributed by atoms with Gasteiger partial charge in [-0.15, -0.1) is 0 Å². The Bertz CT molecular complexity index is 974. The molecule has 3 rings (SSSR count). The van der Waals surface area contributed by atoms with Crippen LogP contribution in [0.25, 0.3) is 5.57 Å². The van der Waals surface area contributed by atoms with E-state index in [2.05, 4.69) is 15.0 Å². The van der Waals surface area contributed by atoms with Crippen molar-refractivity contribution in [2.75, 3.05) is 25.1 Å². The average Bonchev–Trinajstić information content (AvgIpc) is 2.71. The average molecular weight is 414 g/mol. The lowest BCUT2D eigenvalue weighted by Gasteiger charge is -2.35. The van der Waals surface area contributed by atoms with Crippen LogP contribution < -0.4 is 15.4 Å². The van der Waals surface area contributed by atoms with Gasteiger partial charge in [0, 0.05) is 38.6 Å². The van der Waals surface area contributed by atoms with Gasteiger partial charge in [-0.05, 0) is 37.6 Å². The molecule has 160 valence electrons. The number of aliphatic imine (C=N–C) groups is 1. The predicted molar refractivity (Wildman–Crippen MR) is 117 cm³/mol. The normalized spacial score (nSPS) is 20.2. The number of rotatable bonds is 6. The molecule has 0 saturated carbocycles. The number of nitrogens with two attached hydrogens (primary N) is 1. The van der Waals surface area contributed by atoms with Crippen molar-refractivity contribution >= 4 is 29.4 Å². The number of anilines is 1. The predicted octanol–water partition coefficient (Wildman–Crippen LogP) is 3.21. The standard InChI is InChI=1S/C21H25FN6O2.H2/c1-13-11-28(12-14(2)30-13)21-25-7-6-20(27-21)26-19(24)9-16(10-23)15-4-5-18(29-3)17(22)8-15;/h4-10,13-14,23H,11-12H2,1-3H3,(H2,24,25,26,27);1H/b16-9+,23-10?;/t13-,14+;. The first kappa shape index (κ1) is 21.4. The van der Waals surface area contributed by atoms with E-state index in [4.69, 9.17) is 20.6 Å². The second kappa shape index (κ2) is 9.45. The first-order chi connectivity index (χ1) is 14.4. The molecule has 0 amide bonds. The van der Waals surface area contributed by atoms with Crippen molar-refractivity contribution < 1.29 is 15.3 Å². The fraction of sp³-hybridized carbons (Fsp3) is 0.333. The van der Waals surface area contributed by atoms with Crippen LogP contribution in [0.4, 0.5) is 16.2 Å². The van der Waals surface area contributed by atoms with Gasteiger partial charge in [-0.25, -0.2) is 14.4 Å². The molecule has 1 saturated heterocycles. The number of allylic oxidation sites excluding steroid dienone is 1. The molecule has 1 aromatic heterocycles. The summed E-state index contributed by atoms with van der Waals surface area (Å²) in [5, 5.41) is 7.64. The van der Waals surface area contributed by atoms with Gasteiger partial charge >= 0.3 is 0 Å². The van der Waals surface area contributed by atoms with Crippen molar-refractivity contribution in [3.63, 3.8) is 0 Å². The molecule has 8 nitrogen and oxygen atoms in total. The molecule has 30 heavy (non-hydrogen) atoms. The molecule has 2 atom stereocenters. The van der Waals surface area contributed by atoms with Crippen LogP contribution in [0.5, 0.6) is 5.75 Å². The topological polar surface area (TPSA) is 110 Å². The smallest absolute Gasteiger partial charge is 0.227 e. The Morgan fingerprint density at radius 3 is 2.73 bits per heavy atom. The van der Waals surface area contributed by atoms with Crippen LogP contribution >= 0.6 is 0 Å². The van der Waals surface area contributed by atoms with Gasteiger partial charge in [-0.3, -0.25) is 0 Å². The van der Waals surface area contributed by atoms with Crippen molar-refractivity contribution in [2.45, 2.75) is 26.1 Å². The summed E-state index contributed by atoms with van der Waals surface area (Å²) in [4.78, 5) is 15.2. The van der Waals surface area contributed by atoms with Crippen LogP contribution in [0.2, 0.25) is 0 Å². The highest BCUT2D eigenvalue weighted by molar-refractivity contribution is 6.15. The molecule has 2 heterocycles. The summed E-state index contributed by atoms with van der Waals surface area (Å²) in [5.41, 5.74) is 6.94. The maximum absolute atomic E-state index is 14.0. The van der Waals surface area contributed by atoms with Gasteiger partial charge in [0.2, 0.25) is 5.95 Å². The summed E-state index contributed by atoms with van der Waals surface area (Å²) in [7, 11) is 1.39. The summed E-state index contributed by atoms with van der Waals surface area (Å²) >= 11 is 0. The number of halogens is 1. The molecule has 9 heteroatoms. The van der Waals surface area contributed by atoms with E-state index in [-0.39, 0.29) is 25.2 Å². The molecule has 2 aromatic rings. The van der Waals surface area contributed by atoms with Gasteiger partial charge in [-0.1, -0.05) is 6.07 Å². The molecule has 1 aromatic carbocycles. The van der Waals surface area contributed by atoms with Crippen LogP contribution in [0.3, 0.4) is 0 Å².